The van der Waals surface area contributed by atoms with Gasteiger partial charge in [-0.3, -0.25) is 9.59 Å². The summed E-state index contributed by atoms with van der Waals surface area (Å²) < 4.78 is 10.4. The molecule has 0 heterocycles. The van der Waals surface area contributed by atoms with Crippen molar-refractivity contribution in [3.05, 3.63) is 0 Å². The van der Waals surface area contributed by atoms with Crippen LogP contribution in [0.25, 0.3) is 0 Å². The first-order valence-corrected chi connectivity index (χ1v) is 11.3. The number of halogens is 2. The maximum Gasteiger partial charge on any atom is 0.305 e. The molecule has 0 aromatic carbocycles. The quantitative estimate of drug-likeness (QED) is 0.154. The van der Waals surface area contributed by atoms with E-state index in [1.54, 1.807) is 0 Å². The second-order valence-corrected chi connectivity index (χ2v) is 9.68. The summed E-state index contributed by atoms with van der Waals surface area (Å²) in [5.74, 6) is -0.183. The molecule has 0 aliphatic carbocycles. The fourth-order valence-electron chi connectivity index (χ4n) is 2.24. The summed E-state index contributed by atoms with van der Waals surface area (Å²) in [4.78, 5) is 23.6. The van der Waals surface area contributed by atoms with Crippen LogP contribution in [-0.2, 0) is 19.1 Å². The first-order valence-electron chi connectivity index (χ1n) is 9.51. The van der Waals surface area contributed by atoms with Crippen LogP contribution in [0.5, 0.6) is 0 Å². The molecule has 148 valence electrons. The Morgan fingerprint density at radius 2 is 1.00 bits per heavy atom. The van der Waals surface area contributed by atoms with E-state index in [2.05, 4.69) is 31.9 Å². The zero-order chi connectivity index (χ0) is 18.9. The van der Waals surface area contributed by atoms with Crippen molar-refractivity contribution in [3.8, 4) is 0 Å². The molecule has 0 fully saturated rings. The minimum absolute atomic E-state index is 0.0913. The summed E-state index contributed by atoms with van der Waals surface area (Å²) >= 11 is 6.84. The summed E-state index contributed by atoms with van der Waals surface area (Å²) in [5, 5.41) is 0. The number of unbranched alkanes of at least 4 members (excludes halogenated alkanes) is 6. The van der Waals surface area contributed by atoms with E-state index in [-0.39, 0.29) is 11.9 Å². The Morgan fingerprint density at radius 3 is 1.32 bits per heavy atom. The number of hydrogen-bond donors (Lipinski definition) is 0. The van der Waals surface area contributed by atoms with Crippen LogP contribution in [0.3, 0.4) is 0 Å². The number of rotatable bonds is 16. The van der Waals surface area contributed by atoms with Gasteiger partial charge in [0.15, 0.2) is 0 Å². The lowest BCUT2D eigenvalue weighted by Crippen LogP contribution is -2.07. The molecule has 0 spiro atoms. The van der Waals surface area contributed by atoms with Crippen LogP contribution in [0.15, 0.2) is 0 Å². The molecule has 0 aromatic rings. The third-order valence-electron chi connectivity index (χ3n) is 3.81. The first-order chi connectivity index (χ1) is 11.9. The smallest absolute Gasteiger partial charge is 0.305 e. The second-order valence-electron chi connectivity index (χ2n) is 6.55. The number of esters is 2. The van der Waals surface area contributed by atoms with E-state index in [0.717, 1.165) is 38.5 Å². The number of hydrogen-bond acceptors (Lipinski definition) is 4. The van der Waals surface area contributed by atoms with Crippen molar-refractivity contribution >= 4 is 43.8 Å². The Morgan fingerprint density at radius 1 is 0.680 bits per heavy atom. The Hall–Kier alpha value is -0.100. The highest BCUT2D eigenvalue weighted by atomic mass is 79.9. The van der Waals surface area contributed by atoms with Crippen LogP contribution < -0.4 is 0 Å². The predicted molar refractivity (Wildman–Crippen MR) is 109 cm³/mol. The topological polar surface area (TPSA) is 52.6 Å². The van der Waals surface area contributed by atoms with Crippen molar-refractivity contribution in [3.63, 3.8) is 0 Å². The predicted octanol–water partition coefficient (Wildman–Crippen LogP) is 5.93. The van der Waals surface area contributed by atoms with Crippen LogP contribution in [0.4, 0.5) is 0 Å². The maximum atomic E-state index is 11.4. The zero-order valence-electron chi connectivity index (χ0n) is 15.7. The molecule has 0 amide bonds. The van der Waals surface area contributed by atoms with Crippen molar-refractivity contribution < 1.29 is 19.1 Å². The molecule has 0 N–H and O–H groups in total. The van der Waals surface area contributed by atoms with Crippen LogP contribution in [0.2, 0.25) is 0 Å². The molecule has 0 saturated heterocycles. The molecule has 0 aliphatic heterocycles. The maximum absolute atomic E-state index is 11.4. The molecule has 0 rings (SSSR count). The molecule has 0 saturated carbocycles. The lowest BCUT2D eigenvalue weighted by atomic mass is 10.1. The molecule has 0 bridgehead atoms. The van der Waals surface area contributed by atoms with Gasteiger partial charge in [-0.1, -0.05) is 77.8 Å². The van der Waals surface area contributed by atoms with E-state index in [4.69, 9.17) is 9.47 Å². The molecule has 2 unspecified atom stereocenters. The van der Waals surface area contributed by atoms with Crippen molar-refractivity contribution in [1.29, 1.82) is 0 Å². The van der Waals surface area contributed by atoms with Gasteiger partial charge in [-0.15, -0.1) is 0 Å². The minimum Gasteiger partial charge on any atom is -0.466 e. The third kappa shape index (κ3) is 20.1. The number of carbonyl (C=O) groups excluding carboxylic acids is 2. The largest absolute Gasteiger partial charge is 0.466 e. The zero-order valence-corrected chi connectivity index (χ0v) is 18.9. The molecule has 0 aromatic heterocycles. The average molecular weight is 486 g/mol. The summed E-state index contributed by atoms with van der Waals surface area (Å²) in [6.45, 7) is 5.14. The molecule has 4 nitrogen and oxygen atoms in total. The van der Waals surface area contributed by atoms with Gasteiger partial charge >= 0.3 is 11.9 Å². The van der Waals surface area contributed by atoms with Gasteiger partial charge in [-0.25, -0.2) is 0 Å². The van der Waals surface area contributed by atoms with E-state index in [1.807, 2.05) is 13.8 Å². The molecular weight excluding hydrogens is 452 g/mol. The van der Waals surface area contributed by atoms with Crippen LogP contribution in [0.1, 0.15) is 84.5 Å². The fraction of sp³-hybridized carbons (Fsp3) is 0.895. The minimum atomic E-state index is -0.0913. The Balaban J connectivity index is 3.24. The average Bonchev–Trinajstić information content (AvgIpc) is 2.55. The molecule has 25 heavy (non-hydrogen) atoms. The molecule has 0 radical (unpaired) electrons. The second kappa shape index (κ2) is 17.3. The normalized spacial score (nSPS) is 13.3. The molecule has 0 aliphatic rings. The van der Waals surface area contributed by atoms with E-state index in [1.165, 1.54) is 19.3 Å². The van der Waals surface area contributed by atoms with Crippen molar-refractivity contribution in [1.82, 2.24) is 0 Å². The van der Waals surface area contributed by atoms with Gasteiger partial charge in [0.2, 0.25) is 0 Å². The van der Waals surface area contributed by atoms with Gasteiger partial charge in [0.25, 0.3) is 0 Å². The van der Waals surface area contributed by atoms with Crippen molar-refractivity contribution in [2.45, 2.75) is 94.1 Å². The van der Waals surface area contributed by atoms with E-state index in [9.17, 15) is 9.59 Å². The number of alkyl halides is 2. The summed E-state index contributed by atoms with van der Waals surface area (Å²) in [6, 6.07) is 0. The van der Waals surface area contributed by atoms with Gasteiger partial charge in [0, 0.05) is 22.5 Å². The van der Waals surface area contributed by atoms with Crippen LogP contribution >= 0.6 is 31.9 Å². The van der Waals surface area contributed by atoms with E-state index < -0.39 is 0 Å². The van der Waals surface area contributed by atoms with Gasteiger partial charge in [0.05, 0.1) is 13.2 Å². The summed E-state index contributed by atoms with van der Waals surface area (Å²) in [6.07, 6.45) is 10.2. The van der Waals surface area contributed by atoms with Crippen molar-refractivity contribution in [2.75, 3.05) is 13.2 Å². The van der Waals surface area contributed by atoms with Gasteiger partial charge < -0.3 is 9.47 Å². The number of carbonyl (C=O) groups is 2. The summed E-state index contributed by atoms with van der Waals surface area (Å²) in [7, 11) is 0. The highest BCUT2D eigenvalue weighted by Crippen LogP contribution is 2.10. The van der Waals surface area contributed by atoms with E-state index in [0.29, 0.717) is 35.7 Å². The number of ether oxygens (including phenoxy) is 2. The monoisotopic (exact) mass is 484 g/mol. The van der Waals surface area contributed by atoms with Crippen LogP contribution in [-0.4, -0.2) is 34.8 Å². The Labute approximate surface area is 170 Å². The van der Waals surface area contributed by atoms with Gasteiger partial charge in [-0.05, 0) is 25.7 Å². The fourth-order valence-corrected chi connectivity index (χ4v) is 2.70. The lowest BCUT2D eigenvalue weighted by Gasteiger charge is -2.06. The van der Waals surface area contributed by atoms with E-state index >= 15 is 0 Å². The summed E-state index contributed by atoms with van der Waals surface area (Å²) in [5.41, 5.74) is 0. The Bertz CT molecular complexity index is 314. The van der Waals surface area contributed by atoms with Gasteiger partial charge in [0.1, 0.15) is 0 Å². The molecule has 2 atom stereocenters. The highest BCUT2D eigenvalue weighted by Gasteiger charge is 2.06. The Kier molecular flexibility index (Phi) is 17.3. The highest BCUT2D eigenvalue weighted by molar-refractivity contribution is 9.09. The first kappa shape index (κ1) is 24.9. The van der Waals surface area contributed by atoms with Crippen molar-refractivity contribution in [2.24, 2.45) is 0 Å². The van der Waals surface area contributed by atoms with Crippen LogP contribution in [0, 0.1) is 0 Å². The lowest BCUT2D eigenvalue weighted by molar-refractivity contribution is -0.144. The van der Waals surface area contributed by atoms with Gasteiger partial charge in [-0.2, -0.15) is 0 Å². The third-order valence-corrected chi connectivity index (χ3v) is 4.72. The SMILES string of the molecule is CC(Br)CCC(=O)OCCCCCCCCCOC(=O)CCC(C)Br. The molecular formula is C19H34Br2O4. The molecule has 6 heteroatoms. The standard InChI is InChI=1S/C19H34Br2O4/c1-16(20)10-12-18(22)24-14-8-6-4-3-5-7-9-15-25-19(23)13-11-17(2)21/h16-17H,3-15H2,1-2H3.